The van der Waals surface area contributed by atoms with E-state index in [9.17, 15) is 28.8 Å². The first-order chi connectivity index (χ1) is 73.0. The maximum Gasteiger partial charge on any atom is 0.341 e. The van der Waals surface area contributed by atoms with E-state index in [-0.39, 0.29) is 107 Å². The number of nitrogens with zero attached hydrogens (tertiary/aromatic N) is 8. The fraction of sp³-hybridized carbons (Fsp3) is 0.288. The molecule has 15 aromatic rings. The molecule has 26 nitrogen and oxygen atoms in total. The molecule has 0 amide bonds. The van der Waals surface area contributed by atoms with Crippen LogP contribution in [-0.4, -0.2) is 135 Å². The highest BCUT2D eigenvalue weighted by molar-refractivity contribution is 6.16. The Morgan fingerprint density at radius 1 is 0.293 bits per heavy atom. The minimum absolute atomic E-state index is 0.0236. The molecular formula is C118H116F6N8O18. The van der Waals surface area contributed by atoms with Gasteiger partial charge in [0, 0.05) is 92.7 Å². The Kier molecular flexibility index (Phi) is 37.5. The molecular weight excluding hydrogens is 1930 g/mol. The predicted octanol–water partition coefficient (Wildman–Crippen LogP) is 25.5. The monoisotopic (exact) mass is 2050 g/mol. The van der Waals surface area contributed by atoms with Crippen LogP contribution in [0.5, 0.6) is 34.5 Å². The Morgan fingerprint density at radius 2 is 0.527 bits per heavy atom. The molecule has 0 saturated heterocycles. The van der Waals surface area contributed by atoms with Gasteiger partial charge in [0.1, 0.15) is 125 Å². The molecule has 0 radical (unpaired) electrons. The van der Waals surface area contributed by atoms with Crippen LogP contribution < -0.4 is 48.1 Å². The number of anilines is 6. The molecule has 0 bridgehead atoms. The SMILES string of the molecule is CCCCOC(=O)c1ccc(OCC(COc2ccc(C(=O)OCCCC)c(F)c2)(COc2ccc(C(=O)OCCCC)c(F)c2)Cn2nc3c(-c4ccc(N(c5ccccc5)c5ccccc5)cc4)c4n[n+](CC(COc5ccc(C(=O)OCCCC)c(F)c5)(COc5ccc(C(=O)OCCCC)c(F)c5)COc5ccc(C(=O)OCCCC)c(F)c5)[n-]c4c(-c4ccc(N(c5ccccc5)c5ccccc5)cc4)c3n2)cc1F. The number of benzene rings is 13. The first-order valence-electron chi connectivity index (χ1n) is 50.2. The van der Waals surface area contributed by atoms with Gasteiger partial charge >= 0.3 is 35.8 Å². The molecule has 0 aliphatic heterocycles. The van der Waals surface area contributed by atoms with Crippen molar-refractivity contribution < 1.29 is 117 Å². The molecule has 0 fully saturated rings. The van der Waals surface area contributed by atoms with Gasteiger partial charge in [-0.25, -0.2) is 55.1 Å². The molecule has 2 aromatic heterocycles. The van der Waals surface area contributed by atoms with E-state index in [1.807, 2.05) is 211 Å². The number of ether oxygens (including phenoxy) is 12. The Balaban J connectivity index is 0.973. The van der Waals surface area contributed by atoms with E-state index in [4.69, 9.17) is 77.2 Å². The molecule has 2 heterocycles. The maximum absolute atomic E-state index is 16.7. The number of fused-ring (bicyclic) bond motifs is 2. The molecule has 150 heavy (non-hydrogen) atoms. The summed E-state index contributed by atoms with van der Waals surface area (Å²) < 4.78 is 173. The molecule has 32 heteroatoms. The van der Waals surface area contributed by atoms with Gasteiger partial charge in [-0.05, 0) is 195 Å². The largest absolute Gasteiger partial charge is 0.493 e. The number of aromatic nitrogens is 6. The summed E-state index contributed by atoms with van der Waals surface area (Å²) in [6, 6.07) is 75.2. The highest BCUT2D eigenvalue weighted by Gasteiger charge is 2.42. The summed E-state index contributed by atoms with van der Waals surface area (Å²) in [7, 11) is 0. The highest BCUT2D eigenvalue weighted by atomic mass is 19.1. The van der Waals surface area contributed by atoms with Gasteiger partial charge in [-0.15, -0.1) is 0 Å². The maximum atomic E-state index is 16.7. The second kappa shape index (κ2) is 52.2. The first-order valence-corrected chi connectivity index (χ1v) is 50.2. The minimum Gasteiger partial charge on any atom is -0.493 e. The molecule has 15 rings (SSSR count). The second-order valence-electron chi connectivity index (χ2n) is 36.2. The second-order valence-corrected chi connectivity index (χ2v) is 36.2. The first kappa shape index (κ1) is 108. The van der Waals surface area contributed by atoms with Crippen LogP contribution in [0.3, 0.4) is 0 Å². The van der Waals surface area contributed by atoms with E-state index in [2.05, 4.69) is 9.80 Å². The molecule has 0 N–H and O–H groups in total. The summed E-state index contributed by atoms with van der Waals surface area (Å²) in [4.78, 5) is 87.6. The van der Waals surface area contributed by atoms with Crippen molar-refractivity contribution in [2.24, 2.45) is 10.8 Å². The summed E-state index contributed by atoms with van der Waals surface area (Å²) >= 11 is 0. The van der Waals surface area contributed by atoms with Crippen molar-refractivity contribution >= 4 is 92.0 Å². The normalized spacial score (nSPS) is 11.4. The van der Waals surface area contributed by atoms with Crippen molar-refractivity contribution in [2.45, 2.75) is 132 Å². The number of esters is 6. The summed E-state index contributed by atoms with van der Waals surface area (Å²) in [6.07, 6.45) is 7.22. The van der Waals surface area contributed by atoms with Gasteiger partial charge < -0.3 is 66.6 Å². The van der Waals surface area contributed by atoms with Gasteiger partial charge in [0.25, 0.3) is 0 Å². The van der Waals surface area contributed by atoms with E-state index >= 15 is 26.3 Å². The Hall–Kier alpha value is -16.5. The number of hydrogen-bond acceptors (Lipinski definition) is 23. The number of halogens is 6. The molecule has 0 aliphatic rings. The smallest absolute Gasteiger partial charge is 0.341 e. The molecule has 13 aromatic carbocycles. The number of unbranched alkanes of at least 4 members (excludes halogenated alkanes) is 6. The van der Waals surface area contributed by atoms with Crippen molar-refractivity contribution in [1.82, 2.24) is 25.2 Å². The van der Waals surface area contributed by atoms with Crippen LogP contribution in [0.25, 0.3) is 44.3 Å². The Bertz CT molecular complexity index is 6220. The third-order valence-electron chi connectivity index (χ3n) is 24.7. The highest BCUT2D eigenvalue weighted by Crippen LogP contribution is 2.46. The van der Waals surface area contributed by atoms with Crippen molar-refractivity contribution in [3.8, 4) is 56.8 Å². The van der Waals surface area contributed by atoms with Crippen LogP contribution in [0.2, 0.25) is 0 Å². The van der Waals surface area contributed by atoms with Gasteiger partial charge in [0.15, 0.2) is 6.54 Å². The van der Waals surface area contributed by atoms with Crippen LogP contribution in [0.15, 0.2) is 279 Å². The molecule has 0 aliphatic carbocycles. The Labute approximate surface area is 865 Å². The quantitative estimate of drug-likeness (QED) is 0.0113. The molecule has 0 unspecified atom stereocenters. The molecule has 0 saturated carbocycles. The zero-order valence-corrected chi connectivity index (χ0v) is 84.1. The van der Waals surface area contributed by atoms with Gasteiger partial charge in [-0.2, -0.15) is 30.0 Å². The van der Waals surface area contributed by atoms with Crippen LogP contribution in [-0.2, 0) is 41.5 Å². The fourth-order valence-corrected chi connectivity index (χ4v) is 16.4. The van der Waals surface area contributed by atoms with Crippen molar-refractivity contribution in [3.63, 3.8) is 0 Å². The van der Waals surface area contributed by atoms with Crippen molar-refractivity contribution in [3.05, 3.63) is 347 Å². The van der Waals surface area contributed by atoms with E-state index in [0.717, 1.165) is 59.1 Å². The Morgan fingerprint density at radius 3 is 0.773 bits per heavy atom. The summed E-state index contributed by atoms with van der Waals surface area (Å²) in [6.45, 7) is 7.27. The third kappa shape index (κ3) is 27.5. The van der Waals surface area contributed by atoms with E-state index in [1.54, 1.807) is 0 Å². The zero-order valence-electron chi connectivity index (χ0n) is 84.1. The predicted molar refractivity (Wildman–Crippen MR) is 554 cm³/mol. The number of hydrogen-bond donors (Lipinski definition) is 0. The lowest BCUT2D eigenvalue weighted by Gasteiger charge is -2.33. The van der Waals surface area contributed by atoms with Crippen LogP contribution in [0.4, 0.5) is 60.5 Å². The summed E-state index contributed by atoms with van der Waals surface area (Å²) in [5, 5.41) is 22.2. The molecule has 0 atom stereocenters. The van der Waals surface area contributed by atoms with Gasteiger partial charge in [-0.3, -0.25) is 0 Å². The average molecular weight is 2050 g/mol. The fourth-order valence-electron chi connectivity index (χ4n) is 16.4. The van der Waals surface area contributed by atoms with Gasteiger partial charge in [-0.1, -0.05) is 177 Å². The zero-order chi connectivity index (χ0) is 105. The van der Waals surface area contributed by atoms with Crippen LogP contribution in [0, 0.1) is 45.7 Å². The van der Waals surface area contributed by atoms with Crippen molar-refractivity contribution in [2.75, 3.05) is 89.1 Å². The van der Waals surface area contributed by atoms with E-state index in [1.165, 1.54) is 82.4 Å². The molecule has 778 valence electrons. The topological polar surface area (TPSA) is 281 Å². The summed E-state index contributed by atoms with van der Waals surface area (Å²) in [5.41, 5.74) is 0.731. The van der Waals surface area contributed by atoms with Crippen LogP contribution in [0.1, 0.15) is 181 Å². The van der Waals surface area contributed by atoms with Crippen molar-refractivity contribution in [1.29, 1.82) is 0 Å². The lowest BCUT2D eigenvalue weighted by atomic mass is 9.91. The number of carbonyl (C=O) groups is 6. The lowest BCUT2D eigenvalue weighted by molar-refractivity contribution is -0.814. The number of carbonyl (C=O) groups excluding carboxylic acids is 6. The van der Waals surface area contributed by atoms with Crippen LogP contribution >= 0.6 is 0 Å². The molecule has 0 spiro atoms. The summed E-state index contributed by atoms with van der Waals surface area (Å²) in [5.74, 6) is -12.3. The standard InChI is InChI=1S/C118H116F6N8O18/c1-7-13-59-139-111(133)93-53-47-87(65-99(93)119)145-73-117(74-146-88-48-54-94(100(120)66-88)112(134)140-60-14-8-2,75-147-89-49-55-95(101(121)67-89)113(135)141-61-15-9-3)71-129-125-107-105(79-39-43-85(44-40-79)131(81-31-23-19-24-32-81)82-33-25-20-26-34-82)109-110(106(108(107)126-129)80-41-45-86(46-42-80)132(83-35-27-21-28-36-83)84-37-29-22-30-38-84)128-130(127-109)72-118(76-148-90-50-56-96(102(122)68-90)114(136)142-62-16-10-4,77-149-91-51-57-97(103(123)69-91)115(137)143-63-17-11-5)78-150-92-52-58-98(104(124)70-92)116(138)144-64-18-12-6/h19-58,65-70H,7-18,59-64,71-78H2,1-6H3. The van der Waals surface area contributed by atoms with Gasteiger partial charge in [0.05, 0.1) is 85.0 Å². The number of rotatable bonds is 54. The lowest BCUT2D eigenvalue weighted by Crippen LogP contribution is -2.55. The van der Waals surface area contributed by atoms with E-state index < -0.39 is 168 Å². The number of para-hydroxylation sites is 4. The minimum atomic E-state index is -1.79. The third-order valence-corrected chi connectivity index (χ3v) is 24.7. The average Bonchev–Trinajstić information content (AvgIpc) is 1.56. The van der Waals surface area contributed by atoms with E-state index in [0.29, 0.717) is 99.6 Å². The van der Waals surface area contributed by atoms with Gasteiger partial charge in [0.2, 0.25) is 0 Å².